The highest BCUT2D eigenvalue weighted by Crippen LogP contribution is 2.40. The van der Waals surface area contributed by atoms with E-state index in [1.54, 1.807) is 0 Å². The predicted octanol–water partition coefficient (Wildman–Crippen LogP) is 5.02. The maximum atomic E-state index is 8.73. The van der Waals surface area contributed by atoms with Crippen molar-refractivity contribution in [1.82, 2.24) is 0 Å². The second-order valence-electron chi connectivity index (χ2n) is 6.78. The molecule has 0 saturated heterocycles. The zero-order valence-corrected chi connectivity index (χ0v) is 14.8. The third-order valence-electron chi connectivity index (χ3n) is 4.21. The summed E-state index contributed by atoms with van der Waals surface area (Å²) in [6, 6.07) is 0. The molecule has 1 rings (SSSR count). The number of rotatable bonds is 6. The molecule has 22 heavy (non-hydrogen) atoms. The first-order valence-electron chi connectivity index (χ1n) is 8.22. The minimum Gasteiger partial charge on any atom is -0.394 e. The van der Waals surface area contributed by atoms with Crippen molar-refractivity contribution in [3.05, 3.63) is 47.1 Å². The van der Waals surface area contributed by atoms with Gasteiger partial charge in [0.2, 0.25) is 0 Å². The summed E-state index contributed by atoms with van der Waals surface area (Å²) in [7, 11) is 0. The van der Waals surface area contributed by atoms with E-state index in [0.717, 1.165) is 5.71 Å². The van der Waals surface area contributed by atoms with Crippen LogP contribution < -0.4 is 0 Å². The van der Waals surface area contributed by atoms with Crippen molar-refractivity contribution in [1.29, 1.82) is 0 Å². The molecule has 0 atom stereocenters. The Kier molecular flexibility index (Phi) is 7.53. The molecule has 0 unspecified atom stereocenters. The maximum Gasteiger partial charge on any atom is 0.0627 e. The lowest BCUT2D eigenvalue weighted by atomic mass is 9.72. The van der Waals surface area contributed by atoms with Gasteiger partial charge in [-0.15, -0.1) is 0 Å². The predicted molar refractivity (Wildman–Crippen MR) is 97.4 cm³/mol. The fourth-order valence-corrected chi connectivity index (χ4v) is 2.90. The lowest BCUT2D eigenvalue weighted by Crippen LogP contribution is -2.19. The third kappa shape index (κ3) is 6.15. The minimum atomic E-state index is 0.104. The van der Waals surface area contributed by atoms with Crippen LogP contribution in [0.1, 0.15) is 53.9 Å². The maximum absolute atomic E-state index is 8.73. The van der Waals surface area contributed by atoms with E-state index in [9.17, 15) is 0 Å². The molecule has 0 radical (unpaired) electrons. The molecule has 0 aromatic carbocycles. The van der Waals surface area contributed by atoms with Gasteiger partial charge >= 0.3 is 0 Å². The van der Waals surface area contributed by atoms with E-state index in [0.29, 0.717) is 12.0 Å². The molecule has 0 saturated carbocycles. The van der Waals surface area contributed by atoms with Crippen LogP contribution in [0.2, 0.25) is 0 Å². The fraction of sp³-hybridized carbons (Fsp3) is 0.550. The van der Waals surface area contributed by atoms with Crippen LogP contribution in [-0.4, -0.2) is 24.0 Å². The van der Waals surface area contributed by atoms with Crippen LogP contribution in [0.3, 0.4) is 0 Å². The largest absolute Gasteiger partial charge is 0.394 e. The van der Waals surface area contributed by atoms with E-state index in [4.69, 9.17) is 5.11 Å². The molecular weight excluding hydrogens is 270 g/mol. The van der Waals surface area contributed by atoms with Gasteiger partial charge in [-0.3, -0.25) is 4.99 Å². The van der Waals surface area contributed by atoms with Gasteiger partial charge in [0.05, 0.1) is 13.2 Å². The smallest absolute Gasteiger partial charge is 0.0627 e. The summed E-state index contributed by atoms with van der Waals surface area (Å²) in [4.78, 5) is 4.21. The SMILES string of the molecule is CC1=C(/C=C/C(C)=C/C=C/C(C)=N/CCO)C(C)(C)CCC1. The van der Waals surface area contributed by atoms with Crippen LogP contribution in [0.25, 0.3) is 0 Å². The van der Waals surface area contributed by atoms with Crippen LogP contribution in [0.5, 0.6) is 0 Å². The first-order chi connectivity index (χ1) is 10.4. The lowest BCUT2D eigenvalue weighted by molar-refractivity contribution is 0.307. The molecule has 2 nitrogen and oxygen atoms in total. The average Bonchev–Trinajstić information content (AvgIpc) is 2.43. The topological polar surface area (TPSA) is 32.6 Å². The van der Waals surface area contributed by atoms with Crippen molar-refractivity contribution < 1.29 is 5.11 Å². The third-order valence-corrected chi connectivity index (χ3v) is 4.21. The van der Waals surface area contributed by atoms with Gasteiger partial charge in [-0.2, -0.15) is 0 Å². The van der Waals surface area contributed by atoms with Crippen molar-refractivity contribution >= 4 is 5.71 Å². The van der Waals surface area contributed by atoms with Crippen molar-refractivity contribution in [2.24, 2.45) is 10.4 Å². The number of aliphatic imine (C=N–C) groups is 1. The minimum absolute atomic E-state index is 0.104. The number of allylic oxidation sites excluding steroid dienone is 8. The van der Waals surface area contributed by atoms with Gasteiger partial charge < -0.3 is 5.11 Å². The van der Waals surface area contributed by atoms with Crippen molar-refractivity contribution in [3.8, 4) is 0 Å². The van der Waals surface area contributed by atoms with E-state index >= 15 is 0 Å². The van der Waals surface area contributed by atoms with Crippen molar-refractivity contribution in [2.45, 2.75) is 53.9 Å². The molecule has 2 heteroatoms. The Morgan fingerprint density at radius 1 is 1.27 bits per heavy atom. The Labute approximate surface area is 136 Å². The summed E-state index contributed by atoms with van der Waals surface area (Å²) in [5, 5.41) is 8.73. The molecule has 1 aliphatic rings. The molecule has 0 fully saturated rings. The molecular formula is C20H31NO. The molecule has 122 valence electrons. The Hall–Kier alpha value is -1.41. The summed E-state index contributed by atoms with van der Waals surface area (Å²) < 4.78 is 0. The fourth-order valence-electron chi connectivity index (χ4n) is 2.90. The normalized spacial score (nSPS) is 20.5. The molecule has 0 heterocycles. The molecule has 1 N–H and O–H groups in total. The average molecular weight is 301 g/mol. The Balaban J connectivity index is 2.73. The van der Waals surface area contributed by atoms with Crippen LogP contribution >= 0.6 is 0 Å². The van der Waals surface area contributed by atoms with Gasteiger partial charge in [0, 0.05) is 5.71 Å². The zero-order valence-electron chi connectivity index (χ0n) is 14.8. The van der Waals surface area contributed by atoms with Crippen LogP contribution in [-0.2, 0) is 0 Å². The first kappa shape index (κ1) is 18.6. The van der Waals surface area contributed by atoms with Crippen molar-refractivity contribution in [2.75, 3.05) is 13.2 Å². The summed E-state index contributed by atoms with van der Waals surface area (Å²) in [6.07, 6.45) is 14.4. The molecule has 0 bridgehead atoms. The second-order valence-corrected chi connectivity index (χ2v) is 6.78. The molecule has 0 aromatic heterocycles. The van der Waals surface area contributed by atoms with Crippen LogP contribution in [0.15, 0.2) is 52.1 Å². The van der Waals surface area contributed by atoms with E-state index in [1.165, 1.54) is 36.0 Å². The van der Waals surface area contributed by atoms with Gasteiger partial charge in [0.25, 0.3) is 0 Å². The summed E-state index contributed by atoms with van der Waals surface area (Å²) in [6.45, 7) is 11.6. The zero-order chi connectivity index (χ0) is 16.6. The Morgan fingerprint density at radius 3 is 2.64 bits per heavy atom. The second kappa shape index (κ2) is 8.89. The highest BCUT2D eigenvalue weighted by atomic mass is 16.3. The number of aliphatic hydroxyl groups excluding tert-OH is 1. The highest BCUT2D eigenvalue weighted by molar-refractivity contribution is 5.92. The number of nitrogens with zero attached hydrogens (tertiary/aromatic N) is 1. The summed E-state index contributed by atoms with van der Waals surface area (Å²) in [5.74, 6) is 0. The molecule has 0 aliphatic heterocycles. The van der Waals surface area contributed by atoms with Gasteiger partial charge in [-0.25, -0.2) is 0 Å². The highest BCUT2D eigenvalue weighted by Gasteiger charge is 2.26. The first-order valence-corrected chi connectivity index (χ1v) is 8.22. The molecule has 0 aromatic rings. The standard InChI is InChI=1S/C20H31NO/c1-16(8-6-10-18(3)21-14-15-22)11-12-19-17(2)9-7-13-20(19,4)5/h6,8,10-12,22H,7,9,13-15H2,1-5H3/b10-6+,12-11+,16-8+,21-18+. The van der Waals surface area contributed by atoms with Gasteiger partial charge in [0.15, 0.2) is 0 Å². The number of hydrogen-bond acceptors (Lipinski definition) is 2. The van der Waals surface area contributed by atoms with Gasteiger partial charge in [-0.1, -0.05) is 49.3 Å². The van der Waals surface area contributed by atoms with Crippen LogP contribution in [0, 0.1) is 5.41 Å². The summed E-state index contributed by atoms with van der Waals surface area (Å²) in [5.41, 5.74) is 5.49. The van der Waals surface area contributed by atoms with E-state index < -0.39 is 0 Å². The molecule has 0 spiro atoms. The van der Waals surface area contributed by atoms with Gasteiger partial charge in [-0.05, 0) is 57.1 Å². The molecule has 1 aliphatic carbocycles. The summed E-state index contributed by atoms with van der Waals surface area (Å²) >= 11 is 0. The monoisotopic (exact) mass is 301 g/mol. The quantitative estimate of drug-likeness (QED) is 0.542. The van der Waals surface area contributed by atoms with Crippen molar-refractivity contribution in [3.63, 3.8) is 0 Å². The van der Waals surface area contributed by atoms with E-state index in [1.807, 2.05) is 19.1 Å². The Bertz CT molecular complexity index is 516. The van der Waals surface area contributed by atoms with E-state index in [-0.39, 0.29) is 6.61 Å². The molecule has 0 amide bonds. The van der Waals surface area contributed by atoms with Crippen LogP contribution in [0.4, 0.5) is 0 Å². The number of aliphatic hydroxyl groups is 1. The Morgan fingerprint density at radius 2 is 2.00 bits per heavy atom. The van der Waals surface area contributed by atoms with Gasteiger partial charge in [0.1, 0.15) is 0 Å². The van der Waals surface area contributed by atoms with E-state index in [2.05, 4.69) is 50.9 Å². The number of hydrogen-bond donors (Lipinski definition) is 1. The lowest BCUT2D eigenvalue weighted by Gasteiger charge is -2.32.